The number of hydrogen-bond donors (Lipinski definition) is 1. The highest BCUT2D eigenvalue weighted by molar-refractivity contribution is 9.10. The van der Waals surface area contributed by atoms with Crippen molar-refractivity contribution < 1.29 is 0 Å². The van der Waals surface area contributed by atoms with Gasteiger partial charge in [0.2, 0.25) is 0 Å². The zero-order chi connectivity index (χ0) is 14.2. The standard InChI is InChI=1S/C15H20BrN3/c1-15(2,3)11-7-5-10(6-8-11)14-18-12(9-17)13(16)19(14)4/h5-8H,9,17H2,1-4H3. The molecular weight excluding hydrogens is 302 g/mol. The Bertz CT molecular complexity index is 577. The number of benzene rings is 1. The molecule has 2 rings (SSSR count). The van der Waals surface area contributed by atoms with Crippen LogP contribution in [0.1, 0.15) is 32.0 Å². The largest absolute Gasteiger partial charge is 0.325 e. The van der Waals surface area contributed by atoms with Gasteiger partial charge in [0, 0.05) is 19.2 Å². The van der Waals surface area contributed by atoms with Crippen molar-refractivity contribution >= 4 is 15.9 Å². The highest BCUT2D eigenvalue weighted by Gasteiger charge is 2.16. The van der Waals surface area contributed by atoms with Crippen LogP contribution in [0.25, 0.3) is 11.4 Å². The van der Waals surface area contributed by atoms with Gasteiger partial charge >= 0.3 is 0 Å². The van der Waals surface area contributed by atoms with Gasteiger partial charge in [-0.25, -0.2) is 4.98 Å². The molecule has 0 amide bonds. The third-order valence-electron chi connectivity index (χ3n) is 3.29. The number of aromatic nitrogens is 2. The molecule has 0 spiro atoms. The van der Waals surface area contributed by atoms with Gasteiger partial charge in [-0.3, -0.25) is 0 Å². The lowest BCUT2D eigenvalue weighted by Crippen LogP contribution is -2.10. The minimum atomic E-state index is 0.170. The van der Waals surface area contributed by atoms with Crippen LogP contribution < -0.4 is 5.73 Å². The van der Waals surface area contributed by atoms with E-state index in [4.69, 9.17) is 5.73 Å². The molecule has 0 aliphatic carbocycles. The molecule has 0 unspecified atom stereocenters. The molecule has 1 aromatic heterocycles. The molecule has 19 heavy (non-hydrogen) atoms. The third kappa shape index (κ3) is 2.74. The molecule has 4 heteroatoms. The van der Waals surface area contributed by atoms with Gasteiger partial charge in [-0.05, 0) is 26.9 Å². The topological polar surface area (TPSA) is 43.8 Å². The van der Waals surface area contributed by atoms with E-state index in [0.29, 0.717) is 6.54 Å². The maximum Gasteiger partial charge on any atom is 0.140 e. The molecule has 2 aromatic rings. The number of rotatable bonds is 2. The Morgan fingerprint density at radius 2 is 1.79 bits per heavy atom. The lowest BCUT2D eigenvalue weighted by atomic mass is 9.87. The second-order valence-corrected chi connectivity index (χ2v) is 6.51. The Kier molecular flexibility index (Phi) is 3.83. The van der Waals surface area contributed by atoms with Gasteiger partial charge in [0.1, 0.15) is 10.4 Å². The van der Waals surface area contributed by atoms with Crippen LogP contribution in [0.3, 0.4) is 0 Å². The maximum absolute atomic E-state index is 5.69. The average Bonchev–Trinajstić information content (AvgIpc) is 2.65. The summed E-state index contributed by atoms with van der Waals surface area (Å²) in [5.74, 6) is 0.938. The number of halogens is 1. The Morgan fingerprint density at radius 3 is 2.21 bits per heavy atom. The summed E-state index contributed by atoms with van der Waals surface area (Å²) >= 11 is 3.53. The lowest BCUT2D eigenvalue weighted by molar-refractivity contribution is 0.590. The van der Waals surface area contributed by atoms with Crippen molar-refractivity contribution in [2.45, 2.75) is 32.7 Å². The van der Waals surface area contributed by atoms with E-state index < -0.39 is 0 Å². The van der Waals surface area contributed by atoms with Crippen LogP contribution in [0.5, 0.6) is 0 Å². The fraction of sp³-hybridized carbons (Fsp3) is 0.400. The van der Waals surface area contributed by atoms with Gasteiger partial charge in [0.25, 0.3) is 0 Å². The van der Waals surface area contributed by atoms with Crippen LogP contribution >= 0.6 is 15.9 Å². The molecule has 1 aromatic carbocycles. The summed E-state index contributed by atoms with van der Waals surface area (Å²) in [5.41, 5.74) is 9.17. The van der Waals surface area contributed by atoms with Crippen molar-refractivity contribution in [2.24, 2.45) is 12.8 Å². The first-order valence-corrected chi connectivity index (χ1v) is 7.16. The van der Waals surface area contributed by atoms with Gasteiger partial charge in [-0.2, -0.15) is 0 Å². The summed E-state index contributed by atoms with van der Waals surface area (Å²) in [6.07, 6.45) is 0. The monoisotopic (exact) mass is 321 g/mol. The third-order valence-corrected chi connectivity index (χ3v) is 4.28. The Balaban J connectivity index is 2.43. The summed E-state index contributed by atoms with van der Waals surface area (Å²) in [4.78, 5) is 4.58. The van der Waals surface area contributed by atoms with E-state index in [2.05, 4.69) is 66.0 Å². The van der Waals surface area contributed by atoms with Gasteiger partial charge < -0.3 is 10.3 Å². The van der Waals surface area contributed by atoms with Crippen LogP contribution in [0.2, 0.25) is 0 Å². The van der Waals surface area contributed by atoms with Crippen LogP contribution in [-0.4, -0.2) is 9.55 Å². The van der Waals surface area contributed by atoms with E-state index in [0.717, 1.165) is 21.7 Å². The summed E-state index contributed by atoms with van der Waals surface area (Å²) in [7, 11) is 1.99. The normalized spacial score (nSPS) is 11.9. The number of nitrogens with zero attached hydrogens (tertiary/aromatic N) is 2. The fourth-order valence-electron chi connectivity index (χ4n) is 2.04. The summed E-state index contributed by atoms with van der Waals surface area (Å²) in [6, 6.07) is 8.57. The molecule has 0 bridgehead atoms. The second kappa shape index (κ2) is 5.10. The molecule has 2 N–H and O–H groups in total. The van der Waals surface area contributed by atoms with Crippen molar-refractivity contribution in [3.05, 3.63) is 40.1 Å². The molecule has 0 aliphatic heterocycles. The van der Waals surface area contributed by atoms with Crippen molar-refractivity contribution in [1.29, 1.82) is 0 Å². The Hall–Kier alpha value is -1.13. The maximum atomic E-state index is 5.69. The molecule has 0 atom stereocenters. The van der Waals surface area contributed by atoms with E-state index in [9.17, 15) is 0 Å². The predicted octanol–water partition coefficient (Wildman–Crippen LogP) is 3.61. The van der Waals surface area contributed by atoms with Gasteiger partial charge in [0.15, 0.2) is 0 Å². The fourth-order valence-corrected chi connectivity index (χ4v) is 2.46. The van der Waals surface area contributed by atoms with Crippen molar-refractivity contribution in [3.63, 3.8) is 0 Å². The number of imidazole rings is 1. The minimum Gasteiger partial charge on any atom is -0.325 e. The second-order valence-electron chi connectivity index (χ2n) is 5.76. The van der Waals surface area contributed by atoms with Gasteiger partial charge in [0.05, 0.1) is 5.69 Å². The molecular formula is C15H20BrN3. The quantitative estimate of drug-likeness (QED) is 0.918. The molecule has 3 nitrogen and oxygen atoms in total. The van der Waals surface area contributed by atoms with E-state index in [-0.39, 0.29) is 5.41 Å². The van der Waals surface area contributed by atoms with Gasteiger partial charge in [-0.15, -0.1) is 0 Å². The van der Waals surface area contributed by atoms with E-state index >= 15 is 0 Å². The molecule has 0 aliphatic rings. The van der Waals surface area contributed by atoms with Crippen molar-refractivity contribution in [1.82, 2.24) is 9.55 Å². The molecule has 102 valence electrons. The van der Waals surface area contributed by atoms with Gasteiger partial charge in [-0.1, -0.05) is 45.0 Å². The first-order valence-electron chi connectivity index (χ1n) is 6.36. The van der Waals surface area contributed by atoms with Crippen LogP contribution in [0.4, 0.5) is 0 Å². The highest BCUT2D eigenvalue weighted by Crippen LogP contribution is 2.28. The Morgan fingerprint density at radius 1 is 1.21 bits per heavy atom. The summed E-state index contributed by atoms with van der Waals surface area (Å²) in [5, 5.41) is 0. The van der Waals surface area contributed by atoms with Crippen molar-refractivity contribution in [3.8, 4) is 11.4 Å². The number of hydrogen-bond acceptors (Lipinski definition) is 2. The average molecular weight is 322 g/mol. The highest BCUT2D eigenvalue weighted by atomic mass is 79.9. The molecule has 0 saturated carbocycles. The first-order chi connectivity index (χ1) is 8.84. The minimum absolute atomic E-state index is 0.170. The van der Waals surface area contributed by atoms with Crippen LogP contribution in [0.15, 0.2) is 28.9 Å². The summed E-state index contributed by atoms with van der Waals surface area (Å²) < 4.78 is 2.97. The van der Waals surface area contributed by atoms with Crippen LogP contribution in [0, 0.1) is 0 Å². The predicted molar refractivity (Wildman–Crippen MR) is 82.9 cm³/mol. The smallest absolute Gasteiger partial charge is 0.140 e. The zero-order valence-corrected chi connectivity index (χ0v) is 13.5. The van der Waals surface area contributed by atoms with Crippen molar-refractivity contribution in [2.75, 3.05) is 0 Å². The van der Waals surface area contributed by atoms with E-state index in [1.54, 1.807) is 0 Å². The Labute approximate surface area is 123 Å². The SMILES string of the molecule is Cn1c(-c2ccc(C(C)(C)C)cc2)nc(CN)c1Br. The lowest BCUT2D eigenvalue weighted by Gasteiger charge is -2.19. The summed E-state index contributed by atoms with van der Waals surface area (Å²) in [6.45, 7) is 7.08. The van der Waals surface area contributed by atoms with E-state index in [1.165, 1.54) is 5.56 Å². The molecule has 0 fully saturated rings. The number of nitrogens with two attached hydrogens (primary N) is 1. The first kappa shape index (κ1) is 14.3. The van der Waals surface area contributed by atoms with Crippen LogP contribution in [-0.2, 0) is 19.0 Å². The molecule has 0 saturated heterocycles. The zero-order valence-electron chi connectivity index (χ0n) is 11.9. The molecule has 0 radical (unpaired) electrons. The molecule has 1 heterocycles. The van der Waals surface area contributed by atoms with E-state index in [1.807, 2.05) is 11.6 Å².